The van der Waals surface area contributed by atoms with Gasteiger partial charge in [-0.05, 0) is 56.2 Å². The van der Waals surface area contributed by atoms with Gasteiger partial charge < -0.3 is 0 Å². The minimum atomic E-state index is 0.621. The molecule has 0 N–H and O–H groups in total. The number of aromatic nitrogens is 2. The van der Waals surface area contributed by atoms with Gasteiger partial charge in [-0.2, -0.15) is 5.10 Å². The van der Waals surface area contributed by atoms with E-state index in [-0.39, 0.29) is 0 Å². The second-order valence-electron chi connectivity index (χ2n) is 5.25. The van der Waals surface area contributed by atoms with E-state index in [1.165, 1.54) is 16.0 Å². The highest BCUT2D eigenvalue weighted by Gasteiger charge is 2.13. The first-order valence-electron chi connectivity index (χ1n) is 6.77. The number of aldehydes is 1. The zero-order chi connectivity index (χ0) is 15.0. The normalized spacial score (nSPS) is 10.8. The topological polar surface area (TPSA) is 34.9 Å². The second-order valence-corrected chi connectivity index (χ2v) is 6.54. The van der Waals surface area contributed by atoms with Gasteiger partial charge in [0.15, 0.2) is 6.29 Å². The molecule has 3 nitrogen and oxygen atoms in total. The van der Waals surface area contributed by atoms with E-state index in [4.69, 9.17) is 0 Å². The van der Waals surface area contributed by atoms with Crippen molar-refractivity contribution in [1.82, 2.24) is 9.78 Å². The maximum atomic E-state index is 11.3. The number of hydrogen-bond donors (Lipinski definition) is 0. The highest BCUT2D eigenvalue weighted by atomic mass is 32.1. The van der Waals surface area contributed by atoms with Crippen LogP contribution in [0.5, 0.6) is 0 Å². The van der Waals surface area contributed by atoms with Crippen LogP contribution in [0, 0.1) is 20.8 Å². The van der Waals surface area contributed by atoms with E-state index in [0.29, 0.717) is 5.56 Å². The molecule has 0 saturated carbocycles. The zero-order valence-electron chi connectivity index (χ0n) is 12.3. The molecular formula is C17H16N2OS. The minimum Gasteiger partial charge on any atom is -0.298 e. The summed E-state index contributed by atoms with van der Waals surface area (Å²) in [5.41, 5.74) is 4.72. The van der Waals surface area contributed by atoms with E-state index >= 15 is 0 Å². The van der Waals surface area contributed by atoms with E-state index in [1.54, 1.807) is 22.2 Å². The zero-order valence-corrected chi connectivity index (χ0v) is 13.1. The van der Waals surface area contributed by atoms with E-state index in [0.717, 1.165) is 22.5 Å². The molecule has 2 aromatic heterocycles. The van der Waals surface area contributed by atoms with Gasteiger partial charge in [-0.15, -0.1) is 11.3 Å². The largest absolute Gasteiger partial charge is 0.298 e. The molecule has 0 amide bonds. The summed E-state index contributed by atoms with van der Waals surface area (Å²) in [6.45, 7) is 6.17. The van der Waals surface area contributed by atoms with Gasteiger partial charge in [-0.3, -0.25) is 4.79 Å². The molecule has 1 aromatic carbocycles. The Bertz CT molecular complexity index is 794. The van der Waals surface area contributed by atoms with Crippen LogP contribution in [0.2, 0.25) is 0 Å². The summed E-state index contributed by atoms with van der Waals surface area (Å²) in [5, 5.41) is 4.61. The van der Waals surface area contributed by atoms with Crippen LogP contribution in [0.4, 0.5) is 0 Å². The van der Waals surface area contributed by atoms with Crippen molar-refractivity contribution in [3.8, 4) is 16.3 Å². The van der Waals surface area contributed by atoms with Crippen LogP contribution in [0.1, 0.15) is 26.4 Å². The molecule has 0 radical (unpaired) electrons. The van der Waals surface area contributed by atoms with Crippen LogP contribution >= 0.6 is 11.3 Å². The highest BCUT2D eigenvalue weighted by Crippen LogP contribution is 2.29. The first kappa shape index (κ1) is 13.8. The number of benzene rings is 1. The molecule has 0 aliphatic rings. The second kappa shape index (κ2) is 5.30. The Balaban J connectivity index is 2.13. The highest BCUT2D eigenvalue weighted by molar-refractivity contribution is 7.15. The lowest BCUT2D eigenvalue weighted by atomic mass is 10.1. The van der Waals surface area contributed by atoms with E-state index in [9.17, 15) is 4.79 Å². The number of aryl methyl sites for hydroxylation is 3. The van der Waals surface area contributed by atoms with Crippen LogP contribution < -0.4 is 0 Å². The summed E-state index contributed by atoms with van der Waals surface area (Å²) in [7, 11) is 0. The first-order chi connectivity index (χ1) is 10.1. The Morgan fingerprint density at radius 2 is 1.81 bits per heavy atom. The van der Waals surface area contributed by atoms with Crippen molar-refractivity contribution in [1.29, 1.82) is 0 Å². The van der Waals surface area contributed by atoms with Crippen molar-refractivity contribution < 1.29 is 4.79 Å². The van der Waals surface area contributed by atoms with Gasteiger partial charge in [0.25, 0.3) is 0 Å². The first-order valence-corrected chi connectivity index (χ1v) is 7.59. The average Bonchev–Trinajstić information content (AvgIpc) is 3.03. The Kier molecular flexibility index (Phi) is 3.47. The molecule has 0 saturated heterocycles. The lowest BCUT2D eigenvalue weighted by Crippen LogP contribution is -1.96. The van der Waals surface area contributed by atoms with Gasteiger partial charge in [-0.1, -0.05) is 6.07 Å². The summed E-state index contributed by atoms with van der Waals surface area (Å²) < 4.78 is 1.79. The van der Waals surface area contributed by atoms with Gasteiger partial charge in [0.2, 0.25) is 0 Å². The molecule has 0 fully saturated rings. The third-order valence-electron chi connectivity index (χ3n) is 3.31. The fourth-order valence-electron chi connectivity index (χ4n) is 2.44. The lowest BCUT2D eigenvalue weighted by molar-refractivity contribution is 0.112. The quantitative estimate of drug-likeness (QED) is 0.674. The molecule has 106 valence electrons. The minimum absolute atomic E-state index is 0.621. The van der Waals surface area contributed by atoms with Crippen molar-refractivity contribution in [2.75, 3.05) is 0 Å². The average molecular weight is 296 g/mol. The lowest BCUT2D eigenvalue weighted by Gasteiger charge is -2.04. The predicted molar refractivity (Wildman–Crippen MR) is 86.5 cm³/mol. The van der Waals surface area contributed by atoms with E-state index in [1.807, 2.05) is 12.1 Å². The Labute approximate surface area is 127 Å². The van der Waals surface area contributed by atoms with Gasteiger partial charge in [0.05, 0.1) is 16.1 Å². The molecular weight excluding hydrogens is 280 g/mol. The Hall–Kier alpha value is -2.20. The maximum Gasteiger partial charge on any atom is 0.153 e. The molecule has 0 bridgehead atoms. The predicted octanol–water partition coefficient (Wildman–Crippen LogP) is 4.34. The summed E-state index contributed by atoms with van der Waals surface area (Å²) in [5.74, 6) is 0. The number of carbonyl (C=O) groups is 1. The van der Waals surface area contributed by atoms with Crippen LogP contribution in [0.25, 0.3) is 16.3 Å². The number of carbonyl (C=O) groups excluding carboxylic acids is 1. The Morgan fingerprint density at radius 3 is 2.38 bits per heavy atom. The number of thiophene rings is 1. The summed E-state index contributed by atoms with van der Waals surface area (Å²) in [6, 6.07) is 10.3. The van der Waals surface area contributed by atoms with E-state index < -0.39 is 0 Å². The van der Waals surface area contributed by atoms with Crippen molar-refractivity contribution in [2.24, 2.45) is 0 Å². The fraction of sp³-hybridized carbons (Fsp3) is 0.176. The van der Waals surface area contributed by atoms with Crippen LogP contribution in [0.3, 0.4) is 0 Å². The van der Waals surface area contributed by atoms with Crippen molar-refractivity contribution in [2.45, 2.75) is 20.8 Å². The molecule has 0 unspecified atom stereocenters. The molecule has 0 atom stereocenters. The van der Waals surface area contributed by atoms with E-state index in [2.05, 4.69) is 44.1 Å². The van der Waals surface area contributed by atoms with Crippen LogP contribution in [-0.2, 0) is 0 Å². The third-order valence-corrected chi connectivity index (χ3v) is 4.32. The molecule has 21 heavy (non-hydrogen) atoms. The van der Waals surface area contributed by atoms with Gasteiger partial charge in [0, 0.05) is 11.1 Å². The van der Waals surface area contributed by atoms with Crippen molar-refractivity contribution in [3.05, 3.63) is 58.1 Å². The molecule has 3 rings (SSSR count). The van der Waals surface area contributed by atoms with Crippen molar-refractivity contribution >= 4 is 17.6 Å². The fourth-order valence-corrected chi connectivity index (χ4v) is 3.32. The molecule has 0 spiro atoms. The SMILES string of the molecule is Cc1cc(C)cc(-n2cc(C=O)c(-c3ccc(C)s3)n2)c1. The molecule has 2 heterocycles. The summed E-state index contributed by atoms with van der Waals surface area (Å²) >= 11 is 1.65. The van der Waals surface area contributed by atoms with Gasteiger partial charge >= 0.3 is 0 Å². The van der Waals surface area contributed by atoms with Gasteiger partial charge in [-0.25, -0.2) is 4.68 Å². The van der Waals surface area contributed by atoms with Crippen LogP contribution in [-0.4, -0.2) is 16.1 Å². The maximum absolute atomic E-state index is 11.3. The molecule has 4 heteroatoms. The third kappa shape index (κ3) is 2.67. The Morgan fingerprint density at radius 1 is 1.10 bits per heavy atom. The van der Waals surface area contributed by atoms with Crippen molar-refractivity contribution in [3.63, 3.8) is 0 Å². The molecule has 3 aromatic rings. The summed E-state index contributed by atoms with van der Waals surface area (Å²) in [4.78, 5) is 13.6. The number of nitrogens with zero attached hydrogens (tertiary/aromatic N) is 2. The molecule has 0 aliphatic heterocycles. The standard InChI is InChI=1S/C17H16N2OS/c1-11-6-12(2)8-15(7-11)19-9-14(10-20)17(18-19)16-5-4-13(3)21-16/h4-10H,1-3H3. The monoisotopic (exact) mass is 296 g/mol. The van der Waals surface area contributed by atoms with Crippen LogP contribution in [0.15, 0.2) is 36.5 Å². The number of rotatable bonds is 3. The number of hydrogen-bond acceptors (Lipinski definition) is 3. The molecule has 0 aliphatic carbocycles. The van der Waals surface area contributed by atoms with Gasteiger partial charge in [0.1, 0.15) is 5.69 Å². The summed E-state index contributed by atoms with van der Waals surface area (Å²) in [6.07, 6.45) is 2.67. The smallest absolute Gasteiger partial charge is 0.153 e.